The normalized spacial score (nSPS) is 14.5. The molecule has 1 saturated carbocycles. The van der Waals surface area contributed by atoms with E-state index in [1.54, 1.807) is 12.1 Å². The molecule has 5 nitrogen and oxygen atoms in total. The van der Waals surface area contributed by atoms with E-state index in [4.69, 9.17) is 0 Å². The molecule has 0 radical (unpaired) electrons. The van der Waals surface area contributed by atoms with Crippen molar-refractivity contribution in [3.63, 3.8) is 0 Å². The van der Waals surface area contributed by atoms with Crippen molar-refractivity contribution in [2.24, 2.45) is 0 Å². The monoisotopic (exact) mass is 398 g/mol. The Labute approximate surface area is 167 Å². The van der Waals surface area contributed by atoms with Gasteiger partial charge >= 0.3 is 6.03 Å². The van der Waals surface area contributed by atoms with Gasteiger partial charge in [-0.1, -0.05) is 25.0 Å². The molecule has 1 aromatic heterocycles. The summed E-state index contributed by atoms with van der Waals surface area (Å²) in [6, 6.07) is 14.2. The van der Waals surface area contributed by atoms with Gasteiger partial charge in [0.2, 0.25) is 0 Å². The second-order valence-corrected chi connectivity index (χ2v) is 7.93. The number of aromatic nitrogens is 2. The van der Waals surface area contributed by atoms with Gasteiger partial charge in [-0.25, -0.2) is 14.2 Å². The summed E-state index contributed by atoms with van der Waals surface area (Å²) >= 11 is 1.22. The quantitative estimate of drug-likeness (QED) is 0.580. The third kappa shape index (κ3) is 4.47. The highest BCUT2D eigenvalue weighted by Crippen LogP contribution is 2.25. The van der Waals surface area contributed by atoms with Crippen molar-refractivity contribution in [1.29, 1.82) is 0 Å². The van der Waals surface area contributed by atoms with Crippen molar-refractivity contribution in [1.82, 2.24) is 19.6 Å². The average molecular weight is 399 g/mol. The van der Waals surface area contributed by atoms with Crippen LogP contribution in [0.3, 0.4) is 0 Å². The van der Waals surface area contributed by atoms with E-state index in [2.05, 4.69) is 14.7 Å². The highest BCUT2D eigenvalue weighted by Gasteiger charge is 2.26. The number of nitrogens with zero attached hydrogens (tertiary/aromatic N) is 2. The Balaban J connectivity index is 1.40. The van der Waals surface area contributed by atoms with Gasteiger partial charge in [0.05, 0.1) is 11.0 Å². The van der Waals surface area contributed by atoms with E-state index in [1.807, 2.05) is 29.2 Å². The molecule has 0 bridgehead atoms. The van der Waals surface area contributed by atoms with E-state index in [0.717, 1.165) is 47.4 Å². The van der Waals surface area contributed by atoms with E-state index in [1.165, 1.54) is 24.1 Å². The average Bonchev–Trinajstić information content (AvgIpc) is 3.37. The fourth-order valence-corrected chi connectivity index (χ4v) is 4.27. The number of rotatable bonds is 6. The van der Waals surface area contributed by atoms with Gasteiger partial charge in [-0.05, 0) is 61.2 Å². The zero-order chi connectivity index (χ0) is 19.3. The fraction of sp³-hybridized carbons (Fsp3) is 0.333. The molecule has 0 saturated heterocycles. The maximum absolute atomic E-state index is 13.0. The number of nitrogens with one attached hydrogen (secondary N) is 2. The topological polar surface area (TPSA) is 61.0 Å². The first-order chi connectivity index (χ1) is 13.7. The number of amides is 2. The number of para-hydroxylation sites is 2. The molecule has 146 valence electrons. The van der Waals surface area contributed by atoms with Crippen LogP contribution < -0.4 is 4.72 Å². The Morgan fingerprint density at radius 3 is 2.68 bits per heavy atom. The summed E-state index contributed by atoms with van der Waals surface area (Å²) in [6.45, 7) is 0.611. The molecular formula is C21H23FN4OS. The molecule has 2 amide bonds. The number of imidazole rings is 1. The van der Waals surface area contributed by atoms with Crippen molar-refractivity contribution in [3.8, 4) is 0 Å². The van der Waals surface area contributed by atoms with E-state index in [9.17, 15) is 9.18 Å². The first-order valence-corrected chi connectivity index (χ1v) is 10.4. The number of H-pyrrole nitrogens is 1. The van der Waals surface area contributed by atoms with Gasteiger partial charge < -0.3 is 9.88 Å². The lowest BCUT2D eigenvalue weighted by molar-refractivity contribution is 0.182. The van der Waals surface area contributed by atoms with Crippen LogP contribution in [0.25, 0.3) is 11.0 Å². The maximum Gasteiger partial charge on any atom is 0.327 e. The minimum absolute atomic E-state index is 0.0997. The summed E-state index contributed by atoms with van der Waals surface area (Å²) < 4.78 is 16.0. The zero-order valence-corrected chi connectivity index (χ0v) is 16.3. The Morgan fingerprint density at radius 1 is 1.18 bits per heavy atom. The lowest BCUT2D eigenvalue weighted by Crippen LogP contribution is -2.44. The second-order valence-electron chi connectivity index (χ2n) is 7.05. The highest BCUT2D eigenvalue weighted by atomic mass is 32.2. The number of halogens is 1. The predicted molar refractivity (Wildman–Crippen MR) is 110 cm³/mol. The molecule has 0 spiro atoms. The summed E-state index contributed by atoms with van der Waals surface area (Å²) in [7, 11) is 0. The van der Waals surface area contributed by atoms with Crippen molar-refractivity contribution < 1.29 is 9.18 Å². The third-order valence-corrected chi connectivity index (χ3v) is 5.91. The Bertz CT molecular complexity index is 904. The lowest BCUT2D eigenvalue weighted by atomic mass is 10.2. The summed E-state index contributed by atoms with van der Waals surface area (Å²) in [4.78, 5) is 23.5. The SMILES string of the molecule is O=C(NSc1ccc(F)cc1)N(CCc1nc2ccccc2[nH]1)C1CCCC1. The number of benzene rings is 2. The molecule has 1 fully saturated rings. The number of hydrogen-bond acceptors (Lipinski definition) is 3. The van der Waals surface area contributed by atoms with Crippen LogP contribution in [0.5, 0.6) is 0 Å². The van der Waals surface area contributed by atoms with Crippen LogP contribution >= 0.6 is 11.9 Å². The first-order valence-electron chi connectivity index (χ1n) is 9.62. The number of carbonyl (C=O) groups is 1. The van der Waals surface area contributed by atoms with Crippen LogP contribution in [0.4, 0.5) is 9.18 Å². The van der Waals surface area contributed by atoms with E-state index >= 15 is 0 Å². The summed E-state index contributed by atoms with van der Waals surface area (Å²) in [6.07, 6.45) is 5.07. The van der Waals surface area contributed by atoms with Crippen molar-refractivity contribution in [3.05, 3.63) is 60.2 Å². The zero-order valence-electron chi connectivity index (χ0n) is 15.5. The minimum atomic E-state index is -0.283. The molecule has 1 heterocycles. The van der Waals surface area contributed by atoms with Crippen molar-refractivity contribution in [2.45, 2.75) is 43.0 Å². The molecule has 0 atom stereocenters. The standard InChI is InChI=1S/C21H23FN4OS/c22-15-9-11-17(12-10-15)28-25-21(27)26(16-5-1-2-6-16)14-13-20-23-18-7-3-4-8-19(18)24-20/h3-4,7-12,16H,1-2,5-6,13-14H2,(H,23,24)(H,25,27). The molecule has 0 aliphatic heterocycles. The van der Waals surface area contributed by atoms with E-state index in [-0.39, 0.29) is 17.9 Å². The summed E-state index contributed by atoms with van der Waals surface area (Å²) in [5, 5.41) is 0. The van der Waals surface area contributed by atoms with Gasteiger partial charge in [0.25, 0.3) is 0 Å². The first kappa shape index (κ1) is 18.8. The van der Waals surface area contributed by atoms with E-state index in [0.29, 0.717) is 13.0 Å². The smallest absolute Gasteiger partial charge is 0.327 e. The molecule has 7 heteroatoms. The van der Waals surface area contributed by atoms with Gasteiger partial charge in [0.1, 0.15) is 11.6 Å². The Kier molecular flexibility index (Phi) is 5.81. The fourth-order valence-electron chi connectivity index (χ4n) is 3.68. The number of aromatic amines is 1. The van der Waals surface area contributed by atoms with Crippen LogP contribution in [-0.2, 0) is 6.42 Å². The third-order valence-electron chi connectivity index (χ3n) is 5.12. The molecule has 2 N–H and O–H groups in total. The molecule has 4 rings (SSSR count). The Morgan fingerprint density at radius 2 is 1.93 bits per heavy atom. The van der Waals surface area contributed by atoms with Crippen LogP contribution in [0, 0.1) is 5.82 Å². The maximum atomic E-state index is 13.0. The lowest BCUT2D eigenvalue weighted by Gasteiger charge is -2.28. The van der Waals surface area contributed by atoms with Crippen LogP contribution in [0.2, 0.25) is 0 Å². The van der Waals surface area contributed by atoms with Gasteiger partial charge in [-0.3, -0.25) is 4.72 Å². The molecule has 1 aliphatic carbocycles. The van der Waals surface area contributed by atoms with Gasteiger partial charge in [0.15, 0.2) is 0 Å². The van der Waals surface area contributed by atoms with Crippen LogP contribution in [0.15, 0.2) is 53.4 Å². The number of hydrogen-bond donors (Lipinski definition) is 2. The molecule has 2 aromatic carbocycles. The Hall–Kier alpha value is -2.54. The van der Waals surface area contributed by atoms with E-state index < -0.39 is 0 Å². The van der Waals surface area contributed by atoms with Gasteiger partial charge in [-0.2, -0.15) is 0 Å². The van der Waals surface area contributed by atoms with Crippen molar-refractivity contribution >= 4 is 29.0 Å². The molecule has 0 unspecified atom stereocenters. The second kappa shape index (κ2) is 8.65. The molecule has 28 heavy (non-hydrogen) atoms. The van der Waals surface area contributed by atoms with Gasteiger partial charge in [-0.15, -0.1) is 0 Å². The number of urea groups is 1. The summed E-state index contributed by atoms with van der Waals surface area (Å²) in [5.74, 6) is 0.609. The minimum Gasteiger partial charge on any atom is -0.342 e. The van der Waals surface area contributed by atoms with Gasteiger partial charge in [0, 0.05) is 23.9 Å². The highest BCUT2D eigenvalue weighted by molar-refractivity contribution is 7.98. The number of fused-ring (bicyclic) bond motifs is 1. The van der Waals surface area contributed by atoms with Crippen LogP contribution in [0.1, 0.15) is 31.5 Å². The summed E-state index contributed by atoms with van der Waals surface area (Å²) in [5.41, 5.74) is 1.96. The predicted octanol–water partition coefficient (Wildman–Crippen LogP) is 4.91. The van der Waals surface area contributed by atoms with Crippen LogP contribution in [-0.4, -0.2) is 33.5 Å². The molecular weight excluding hydrogens is 375 g/mol. The molecule has 3 aromatic rings. The number of carbonyl (C=O) groups excluding carboxylic acids is 1. The molecule has 1 aliphatic rings. The largest absolute Gasteiger partial charge is 0.342 e. The van der Waals surface area contributed by atoms with Crippen molar-refractivity contribution in [2.75, 3.05) is 6.54 Å².